The van der Waals surface area contributed by atoms with Gasteiger partial charge in [0.15, 0.2) is 0 Å². The normalized spacial score (nSPS) is 11.4. The molecule has 4 heterocycles. The van der Waals surface area contributed by atoms with Crippen LogP contribution in [0, 0.1) is 13.8 Å². The van der Waals surface area contributed by atoms with Gasteiger partial charge < -0.3 is 9.05 Å². The Morgan fingerprint density at radius 3 is 1.74 bits per heavy atom. The van der Waals surface area contributed by atoms with Crippen molar-refractivity contribution in [3.8, 4) is 0 Å². The second-order valence-electron chi connectivity index (χ2n) is 7.49. The van der Waals surface area contributed by atoms with E-state index in [9.17, 15) is 35.9 Å². The number of amides is 2. The highest BCUT2D eigenvalue weighted by Gasteiger charge is 2.36. The smallest absolute Gasteiger partial charge is 0.338 e. The maximum Gasteiger partial charge on any atom is 0.417 e. The number of carbonyl (C=O) groups excluding carboxylic acids is 2. The standard InChI is InChI=1S/C11H7ClF3N3O2.C11H8F3N3O2/c1-5-8(12)10(20-18-5)17-9(19)6-4-16-3-2-7(6)11(13,14)15;1-6-4-9(19-17-6)16-10(18)7-5-15-3-2-8(7)11(12,13)14/h2-4H,1H3,(H,17,19);2-5H,1H3,(H,16,18). The molecule has 0 aliphatic rings. The lowest BCUT2D eigenvalue weighted by atomic mass is 10.1. The maximum atomic E-state index is 12.8. The summed E-state index contributed by atoms with van der Waals surface area (Å²) in [5.41, 5.74) is -2.57. The summed E-state index contributed by atoms with van der Waals surface area (Å²) in [7, 11) is 0. The molecule has 2 N–H and O–H groups in total. The van der Waals surface area contributed by atoms with Gasteiger partial charge in [0.05, 0.1) is 27.9 Å². The lowest BCUT2D eigenvalue weighted by Crippen LogP contribution is -2.19. The van der Waals surface area contributed by atoms with Gasteiger partial charge in [0.25, 0.3) is 17.7 Å². The van der Waals surface area contributed by atoms with Crippen LogP contribution in [-0.2, 0) is 12.4 Å². The first-order valence-corrected chi connectivity index (χ1v) is 10.8. The molecule has 4 rings (SSSR count). The first-order chi connectivity index (χ1) is 18.2. The summed E-state index contributed by atoms with van der Waals surface area (Å²) in [4.78, 5) is 30.6. The number of carbonyl (C=O) groups is 2. The Kier molecular flexibility index (Phi) is 8.58. The first-order valence-electron chi connectivity index (χ1n) is 10.4. The molecule has 0 saturated heterocycles. The van der Waals surface area contributed by atoms with Crippen LogP contribution >= 0.6 is 11.6 Å². The number of halogens is 7. The largest absolute Gasteiger partial charge is 0.417 e. The highest BCUT2D eigenvalue weighted by atomic mass is 35.5. The van der Waals surface area contributed by atoms with Gasteiger partial charge in [0.2, 0.25) is 5.88 Å². The first kappa shape index (κ1) is 29.1. The Balaban J connectivity index is 0.000000216. The summed E-state index contributed by atoms with van der Waals surface area (Å²) in [6.07, 6.45) is -5.72. The van der Waals surface area contributed by atoms with Crippen LogP contribution in [0.5, 0.6) is 0 Å². The van der Waals surface area contributed by atoms with E-state index in [0.717, 1.165) is 30.9 Å². The van der Waals surface area contributed by atoms with Gasteiger partial charge in [0, 0.05) is 30.9 Å². The van der Waals surface area contributed by atoms with Crippen molar-refractivity contribution >= 4 is 35.2 Å². The molecule has 17 heteroatoms. The van der Waals surface area contributed by atoms with Crippen molar-refractivity contribution in [2.24, 2.45) is 0 Å². The van der Waals surface area contributed by atoms with Crippen LogP contribution in [0.1, 0.15) is 43.2 Å². The second-order valence-corrected chi connectivity index (χ2v) is 7.87. The fraction of sp³-hybridized carbons (Fsp3) is 0.182. The fourth-order valence-electron chi connectivity index (χ4n) is 2.85. The van der Waals surface area contributed by atoms with Gasteiger partial charge in [-0.15, -0.1) is 0 Å². The Hall–Kier alpha value is -4.47. The summed E-state index contributed by atoms with van der Waals surface area (Å²) in [5.74, 6) is -2.24. The number of alkyl halides is 6. The van der Waals surface area contributed by atoms with Crippen molar-refractivity contribution in [1.29, 1.82) is 0 Å². The van der Waals surface area contributed by atoms with Crippen molar-refractivity contribution < 1.29 is 45.0 Å². The van der Waals surface area contributed by atoms with Crippen molar-refractivity contribution in [2.75, 3.05) is 10.6 Å². The number of anilines is 2. The molecular formula is C22H15ClF6N6O4. The molecule has 0 aromatic carbocycles. The molecule has 39 heavy (non-hydrogen) atoms. The predicted molar refractivity (Wildman–Crippen MR) is 122 cm³/mol. The van der Waals surface area contributed by atoms with Crippen LogP contribution in [0.15, 0.2) is 52.0 Å². The van der Waals surface area contributed by atoms with E-state index in [2.05, 4.69) is 30.9 Å². The van der Waals surface area contributed by atoms with Gasteiger partial charge in [-0.05, 0) is 26.0 Å². The fourth-order valence-corrected chi connectivity index (χ4v) is 2.97. The Bertz CT molecular complexity index is 1480. The van der Waals surface area contributed by atoms with E-state index in [1.54, 1.807) is 6.92 Å². The number of pyridine rings is 2. The highest BCUT2D eigenvalue weighted by molar-refractivity contribution is 6.34. The molecule has 0 bridgehead atoms. The van der Waals surface area contributed by atoms with Gasteiger partial charge in [-0.1, -0.05) is 21.9 Å². The molecule has 0 unspecified atom stereocenters. The monoisotopic (exact) mass is 576 g/mol. The minimum absolute atomic E-state index is 0.0239. The van der Waals surface area contributed by atoms with E-state index < -0.39 is 46.4 Å². The molecule has 4 aromatic rings. The van der Waals surface area contributed by atoms with Crippen LogP contribution in [-0.4, -0.2) is 32.1 Å². The van der Waals surface area contributed by atoms with Gasteiger partial charge >= 0.3 is 12.4 Å². The quantitative estimate of drug-likeness (QED) is 0.284. The van der Waals surface area contributed by atoms with Crippen molar-refractivity contribution in [2.45, 2.75) is 26.2 Å². The molecule has 0 radical (unpaired) electrons. The molecule has 10 nitrogen and oxygen atoms in total. The van der Waals surface area contributed by atoms with Gasteiger partial charge in [-0.2, -0.15) is 26.3 Å². The van der Waals surface area contributed by atoms with Crippen LogP contribution in [0.25, 0.3) is 0 Å². The van der Waals surface area contributed by atoms with E-state index in [0.29, 0.717) is 17.5 Å². The zero-order chi connectivity index (χ0) is 29.0. The van der Waals surface area contributed by atoms with E-state index in [4.69, 9.17) is 20.6 Å². The zero-order valence-corrected chi connectivity index (χ0v) is 20.4. The van der Waals surface area contributed by atoms with Crippen LogP contribution < -0.4 is 10.6 Å². The van der Waals surface area contributed by atoms with Gasteiger partial charge in [0.1, 0.15) is 10.7 Å². The lowest BCUT2D eigenvalue weighted by molar-refractivity contribution is -0.138. The minimum Gasteiger partial charge on any atom is -0.338 e. The molecule has 0 atom stereocenters. The van der Waals surface area contributed by atoms with E-state index in [1.807, 2.05) is 0 Å². The minimum atomic E-state index is -4.67. The topological polar surface area (TPSA) is 136 Å². The Morgan fingerprint density at radius 1 is 0.821 bits per heavy atom. The predicted octanol–water partition coefficient (Wildman–Crippen LogP) is 5.95. The van der Waals surface area contributed by atoms with Crippen LogP contribution in [0.3, 0.4) is 0 Å². The summed E-state index contributed by atoms with van der Waals surface area (Å²) in [5, 5.41) is 11.3. The number of nitrogens with zero attached hydrogens (tertiary/aromatic N) is 4. The highest BCUT2D eigenvalue weighted by Crippen LogP contribution is 2.33. The van der Waals surface area contributed by atoms with E-state index >= 15 is 0 Å². The summed E-state index contributed by atoms with van der Waals surface area (Å²) in [6, 6.07) is 2.84. The number of hydrogen-bond acceptors (Lipinski definition) is 8. The Morgan fingerprint density at radius 2 is 1.33 bits per heavy atom. The molecular weight excluding hydrogens is 562 g/mol. The van der Waals surface area contributed by atoms with Crippen LogP contribution in [0.4, 0.5) is 38.1 Å². The van der Waals surface area contributed by atoms with Gasteiger partial charge in [-0.3, -0.25) is 30.2 Å². The number of aryl methyl sites for hydroxylation is 2. The number of aromatic nitrogens is 4. The Labute approximate surface area is 219 Å². The molecule has 0 spiro atoms. The zero-order valence-electron chi connectivity index (χ0n) is 19.6. The number of nitrogens with one attached hydrogen (secondary N) is 2. The van der Waals surface area contributed by atoms with Crippen molar-refractivity contribution in [3.05, 3.63) is 81.7 Å². The molecule has 0 aliphatic heterocycles. The molecule has 0 aliphatic carbocycles. The third kappa shape index (κ3) is 7.31. The van der Waals surface area contributed by atoms with Crippen molar-refractivity contribution in [1.82, 2.24) is 20.3 Å². The third-order valence-electron chi connectivity index (χ3n) is 4.62. The SMILES string of the molecule is Cc1cc(NC(=O)c2cnccc2C(F)(F)F)on1.Cc1noc(NC(=O)c2cnccc2C(F)(F)F)c1Cl. The summed E-state index contributed by atoms with van der Waals surface area (Å²) >= 11 is 5.76. The number of hydrogen-bond donors (Lipinski definition) is 2. The lowest BCUT2D eigenvalue weighted by Gasteiger charge is -2.11. The second kappa shape index (κ2) is 11.5. The molecule has 4 aromatic heterocycles. The third-order valence-corrected chi connectivity index (χ3v) is 5.07. The summed E-state index contributed by atoms with van der Waals surface area (Å²) in [6.45, 7) is 3.14. The molecule has 206 valence electrons. The van der Waals surface area contributed by atoms with E-state index in [1.165, 1.54) is 13.0 Å². The molecule has 0 fully saturated rings. The average Bonchev–Trinajstić information content (AvgIpc) is 3.42. The van der Waals surface area contributed by atoms with Crippen LogP contribution in [0.2, 0.25) is 5.02 Å². The van der Waals surface area contributed by atoms with Gasteiger partial charge in [-0.25, -0.2) is 0 Å². The van der Waals surface area contributed by atoms with Crippen molar-refractivity contribution in [3.63, 3.8) is 0 Å². The summed E-state index contributed by atoms with van der Waals surface area (Å²) < 4.78 is 85.8. The average molecular weight is 577 g/mol. The maximum absolute atomic E-state index is 12.8. The molecule has 2 amide bonds. The number of rotatable bonds is 4. The van der Waals surface area contributed by atoms with E-state index in [-0.39, 0.29) is 16.8 Å². The molecule has 0 saturated carbocycles.